The summed E-state index contributed by atoms with van der Waals surface area (Å²) >= 11 is 0. The Hall–Kier alpha value is -0.610. The van der Waals surface area contributed by atoms with Crippen molar-refractivity contribution in [3.05, 3.63) is 0 Å². The molecule has 0 radical (unpaired) electrons. The summed E-state index contributed by atoms with van der Waals surface area (Å²) in [5.74, 6) is -0.0529. The fourth-order valence-corrected chi connectivity index (χ4v) is 2.58. The normalized spacial score (nSPS) is 31.5. The van der Waals surface area contributed by atoms with E-state index in [2.05, 4.69) is 25.7 Å². The minimum Gasteiger partial charge on any atom is -0.479 e. The Morgan fingerprint density at radius 3 is 2.47 bits per heavy atom. The summed E-state index contributed by atoms with van der Waals surface area (Å²) in [5, 5.41) is 8.85. The van der Waals surface area contributed by atoms with Gasteiger partial charge in [-0.05, 0) is 24.2 Å². The van der Waals surface area contributed by atoms with Gasteiger partial charge in [0.15, 0.2) is 6.10 Å². The van der Waals surface area contributed by atoms with E-state index in [1.807, 2.05) is 0 Å². The Morgan fingerprint density at radius 2 is 2.00 bits per heavy atom. The highest BCUT2D eigenvalue weighted by molar-refractivity contribution is 5.72. The molecule has 2 rings (SSSR count). The van der Waals surface area contributed by atoms with Crippen LogP contribution in [0.2, 0.25) is 0 Å². The maximum atomic E-state index is 10.8. The van der Waals surface area contributed by atoms with Gasteiger partial charge in [0.2, 0.25) is 0 Å². The molecule has 2 aliphatic heterocycles. The van der Waals surface area contributed by atoms with E-state index in [0.717, 1.165) is 32.0 Å². The number of carbonyl (C=O) groups is 1. The topological polar surface area (TPSA) is 49.8 Å². The van der Waals surface area contributed by atoms with Gasteiger partial charge < -0.3 is 14.7 Å². The molecule has 0 aliphatic carbocycles. The summed E-state index contributed by atoms with van der Waals surface area (Å²) < 4.78 is 5.51. The number of nitrogens with zero attached hydrogens (tertiary/aromatic N) is 1. The van der Waals surface area contributed by atoms with Crippen LogP contribution in [0.25, 0.3) is 0 Å². The molecule has 2 saturated heterocycles. The fraction of sp³-hybridized carbons (Fsp3) is 0.923. The van der Waals surface area contributed by atoms with E-state index < -0.39 is 12.1 Å². The van der Waals surface area contributed by atoms with Crippen molar-refractivity contribution in [1.29, 1.82) is 0 Å². The molecule has 4 nitrogen and oxygen atoms in total. The predicted molar refractivity (Wildman–Crippen MR) is 64.9 cm³/mol. The molecule has 2 heterocycles. The summed E-state index contributed by atoms with van der Waals surface area (Å²) in [6.07, 6.45) is 1.10. The maximum absolute atomic E-state index is 10.8. The molecule has 2 atom stereocenters. The van der Waals surface area contributed by atoms with Crippen LogP contribution in [-0.2, 0) is 9.53 Å². The molecule has 2 fully saturated rings. The zero-order chi connectivity index (χ0) is 12.6. The Labute approximate surface area is 103 Å². The molecule has 0 aromatic heterocycles. The highest BCUT2D eigenvalue weighted by Gasteiger charge is 2.38. The van der Waals surface area contributed by atoms with Crippen molar-refractivity contribution in [2.45, 2.75) is 45.8 Å². The number of hydrogen-bond donors (Lipinski definition) is 1. The third-order valence-corrected chi connectivity index (χ3v) is 4.03. The van der Waals surface area contributed by atoms with E-state index in [4.69, 9.17) is 9.84 Å². The van der Waals surface area contributed by atoms with Gasteiger partial charge in [-0.3, -0.25) is 0 Å². The van der Waals surface area contributed by atoms with E-state index in [9.17, 15) is 4.79 Å². The number of aliphatic carboxylic acids is 1. The van der Waals surface area contributed by atoms with Crippen molar-refractivity contribution < 1.29 is 14.6 Å². The quantitative estimate of drug-likeness (QED) is 0.815. The first kappa shape index (κ1) is 12.8. The van der Waals surface area contributed by atoms with Crippen molar-refractivity contribution in [2.24, 2.45) is 11.3 Å². The standard InChI is InChI=1S/C13H23NO3/c1-13(2,3)9-6-14(7-9)8-10-4-5-11(17-10)12(15)16/h9-11H,4-8H2,1-3H3,(H,15,16). The van der Waals surface area contributed by atoms with Gasteiger partial charge in [-0.2, -0.15) is 0 Å². The lowest BCUT2D eigenvalue weighted by molar-refractivity contribution is -0.150. The second-order valence-corrected chi connectivity index (χ2v) is 6.44. The van der Waals surface area contributed by atoms with E-state index in [0.29, 0.717) is 11.8 Å². The van der Waals surface area contributed by atoms with Crippen LogP contribution in [0.1, 0.15) is 33.6 Å². The van der Waals surface area contributed by atoms with Gasteiger partial charge in [0.25, 0.3) is 0 Å². The first-order valence-corrected chi connectivity index (χ1v) is 6.47. The van der Waals surface area contributed by atoms with Crippen LogP contribution < -0.4 is 0 Å². The predicted octanol–water partition coefficient (Wildman–Crippen LogP) is 1.60. The summed E-state index contributed by atoms with van der Waals surface area (Å²) in [7, 11) is 0. The molecule has 98 valence electrons. The van der Waals surface area contributed by atoms with Crippen LogP contribution in [0.3, 0.4) is 0 Å². The van der Waals surface area contributed by atoms with Crippen LogP contribution in [0.5, 0.6) is 0 Å². The lowest BCUT2D eigenvalue weighted by Crippen LogP contribution is -2.54. The monoisotopic (exact) mass is 241 g/mol. The summed E-state index contributed by atoms with van der Waals surface area (Å²) in [5.41, 5.74) is 0.386. The Balaban J connectivity index is 1.70. The zero-order valence-electron chi connectivity index (χ0n) is 11.0. The highest BCUT2D eigenvalue weighted by Crippen LogP contribution is 2.34. The molecule has 0 spiro atoms. The molecule has 17 heavy (non-hydrogen) atoms. The second kappa shape index (κ2) is 4.58. The van der Waals surface area contributed by atoms with Crippen LogP contribution >= 0.6 is 0 Å². The lowest BCUT2D eigenvalue weighted by atomic mass is 9.76. The summed E-state index contributed by atoms with van der Waals surface area (Å²) in [4.78, 5) is 13.1. The lowest BCUT2D eigenvalue weighted by Gasteiger charge is -2.47. The molecule has 1 N–H and O–H groups in total. The largest absolute Gasteiger partial charge is 0.479 e. The maximum Gasteiger partial charge on any atom is 0.332 e. The minimum absolute atomic E-state index is 0.122. The number of likely N-dealkylation sites (tertiary alicyclic amines) is 1. The third kappa shape index (κ3) is 2.99. The molecular formula is C13H23NO3. The first-order valence-electron chi connectivity index (χ1n) is 6.47. The molecule has 0 aromatic carbocycles. The molecule has 2 unspecified atom stereocenters. The van der Waals surface area contributed by atoms with Gasteiger partial charge in [-0.1, -0.05) is 20.8 Å². The first-order chi connectivity index (χ1) is 7.86. The molecule has 2 aliphatic rings. The van der Waals surface area contributed by atoms with Gasteiger partial charge in [-0.15, -0.1) is 0 Å². The van der Waals surface area contributed by atoms with Gasteiger partial charge in [0, 0.05) is 19.6 Å². The number of carboxylic acids is 1. The van der Waals surface area contributed by atoms with Crippen LogP contribution in [0.15, 0.2) is 0 Å². The van der Waals surface area contributed by atoms with E-state index in [-0.39, 0.29) is 6.10 Å². The van der Waals surface area contributed by atoms with Gasteiger partial charge in [-0.25, -0.2) is 4.79 Å². The molecule has 0 aromatic rings. The number of carboxylic acid groups (broad SMARTS) is 1. The van der Waals surface area contributed by atoms with Crippen molar-refractivity contribution in [2.75, 3.05) is 19.6 Å². The van der Waals surface area contributed by atoms with Gasteiger partial charge >= 0.3 is 5.97 Å². The van der Waals surface area contributed by atoms with E-state index in [1.165, 1.54) is 0 Å². The van der Waals surface area contributed by atoms with E-state index in [1.54, 1.807) is 0 Å². The molecular weight excluding hydrogens is 218 g/mol. The molecule has 0 saturated carbocycles. The van der Waals surface area contributed by atoms with Crippen LogP contribution in [0.4, 0.5) is 0 Å². The average Bonchev–Trinajstić information content (AvgIpc) is 2.56. The minimum atomic E-state index is -0.816. The smallest absolute Gasteiger partial charge is 0.332 e. The zero-order valence-corrected chi connectivity index (χ0v) is 11.0. The Bertz CT molecular complexity index is 292. The molecule has 0 bridgehead atoms. The summed E-state index contributed by atoms with van der Waals surface area (Å²) in [6.45, 7) is 9.99. The number of rotatable bonds is 3. The average molecular weight is 241 g/mol. The number of ether oxygens (including phenoxy) is 1. The molecule has 0 amide bonds. The van der Waals surface area contributed by atoms with Crippen LogP contribution in [-0.4, -0.2) is 47.8 Å². The highest BCUT2D eigenvalue weighted by atomic mass is 16.5. The van der Waals surface area contributed by atoms with Crippen molar-refractivity contribution in [1.82, 2.24) is 4.90 Å². The molecule has 4 heteroatoms. The third-order valence-electron chi connectivity index (χ3n) is 4.03. The summed E-state index contributed by atoms with van der Waals surface area (Å²) in [6, 6.07) is 0. The number of hydrogen-bond acceptors (Lipinski definition) is 3. The fourth-order valence-electron chi connectivity index (χ4n) is 2.58. The van der Waals surface area contributed by atoms with Crippen molar-refractivity contribution in [3.63, 3.8) is 0 Å². The van der Waals surface area contributed by atoms with Crippen molar-refractivity contribution in [3.8, 4) is 0 Å². The van der Waals surface area contributed by atoms with Gasteiger partial charge in [0.1, 0.15) is 0 Å². The Kier molecular flexibility index (Phi) is 3.46. The van der Waals surface area contributed by atoms with Crippen LogP contribution in [0, 0.1) is 11.3 Å². The Morgan fingerprint density at radius 1 is 1.35 bits per heavy atom. The van der Waals surface area contributed by atoms with Crippen molar-refractivity contribution >= 4 is 5.97 Å². The van der Waals surface area contributed by atoms with Gasteiger partial charge in [0.05, 0.1) is 6.10 Å². The second-order valence-electron chi connectivity index (χ2n) is 6.44. The SMILES string of the molecule is CC(C)(C)C1CN(CC2CCC(C(=O)O)O2)C1. The van der Waals surface area contributed by atoms with E-state index >= 15 is 0 Å².